The molecule has 0 bridgehead atoms. The second-order valence-electron chi connectivity index (χ2n) is 5.58. The van der Waals surface area contributed by atoms with Crippen LogP contribution in [0.5, 0.6) is 0 Å². The number of nitrogens with zero attached hydrogens (tertiary/aromatic N) is 2. The SMILES string of the molecule is CC(Cl)c1nc2ccc(F)c(F)c2n1CC1CCCC1. The molecule has 1 fully saturated rings. The van der Waals surface area contributed by atoms with Crippen molar-refractivity contribution in [1.29, 1.82) is 0 Å². The number of imidazole rings is 1. The Kier molecular flexibility index (Phi) is 3.67. The van der Waals surface area contributed by atoms with E-state index in [2.05, 4.69) is 4.98 Å². The smallest absolute Gasteiger partial charge is 0.184 e. The van der Waals surface area contributed by atoms with Gasteiger partial charge in [-0.2, -0.15) is 0 Å². The van der Waals surface area contributed by atoms with E-state index < -0.39 is 11.6 Å². The van der Waals surface area contributed by atoms with Gasteiger partial charge < -0.3 is 4.57 Å². The fourth-order valence-corrected chi connectivity index (χ4v) is 3.28. The van der Waals surface area contributed by atoms with E-state index in [4.69, 9.17) is 11.6 Å². The largest absolute Gasteiger partial charge is 0.324 e. The molecule has 1 aromatic heterocycles. The molecule has 3 rings (SSSR count). The molecule has 1 unspecified atom stereocenters. The first-order valence-electron chi connectivity index (χ1n) is 7.06. The van der Waals surface area contributed by atoms with Crippen LogP contribution in [0.4, 0.5) is 8.78 Å². The highest BCUT2D eigenvalue weighted by Gasteiger charge is 2.23. The van der Waals surface area contributed by atoms with Crippen LogP contribution in [0.2, 0.25) is 0 Å². The van der Waals surface area contributed by atoms with Crippen LogP contribution in [0.25, 0.3) is 11.0 Å². The molecule has 1 heterocycles. The molecule has 5 heteroatoms. The van der Waals surface area contributed by atoms with Crippen molar-refractivity contribution in [3.8, 4) is 0 Å². The number of halogens is 3. The van der Waals surface area contributed by atoms with Crippen LogP contribution in [0.3, 0.4) is 0 Å². The van der Waals surface area contributed by atoms with Crippen molar-refractivity contribution in [2.45, 2.75) is 44.5 Å². The number of benzene rings is 1. The first-order chi connectivity index (χ1) is 9.58. The van der Waals surface area contributed by atoms with Gasteiger partial charge in [0.25, 0.3) is 0 Å². The molecule has 1 aromatic carbocycles. The molecule has 1 atom stereocenters. The molecule has 1 saturated carbocycles. The Hall–Kier alpha value is -1.16. The summed E-state index contributed by atoms with van der Waals surface area (Å²) in [5.74, 6) is -0.530. The van der Waals surface area contributed by atoms with E-state index in [1.165, 1.54) is 18.9 Å². The maximum atomic E-state index is 14.1. The average Bonchev–Trinajstić information content (AvgIpc) is 3.02. The highest BCUT2D eigenvalue weighted by Crippen LogP contribution is 2.32. The molecule has 1 aliphatic rings. The van der Waals surface area contributed by atoms with Gasteiger partial charge in [0.05, 0.1) is 10.9 Å². The van der Waals surface area contributed by atoms with Crippen LogP contribution in [-0.4, -0.2) is 9.55 Å². The fraction of sp³-hybridized carbons (Fsp3) is 0.533. The summed E-state index contributed by atoms with van der Waals surface area (Å²) in [4.78, 5) is 4.38. The predicted octanol–water partition coefficient (Wildman–Crippen LogP) is 4.80. The van der Waals surface area contributed by atoms with Crippen molar-refractivity contribution >= 4 is 22.6 Å². The van der Waals surface area contributed by atoms with E-state index in [-0.39, 0.29) is 10.9 Å². The summed E-state index contributed by atoms with van der Waals surface area (Å²) in [6, 6.07) is 2.63. The maximum absolute atomic E-state index is 14.1. The number of aromatic nitrogens is 2. The lowest BCUT2D eigenvalue weighted by molar-refractivity contribution is 0.447. The fourth-order valence-electron chi connectivity index (χ4n) is 3.11. The normalized spacial score (nSPS) is 18.0. The Balaban J connectivity index is 2.14. The first kappa shape index (κ1) is 13.8. The monoisotopic (exact) mass is 298 g/mol. The standard InChI is InChI=1S/C15H17ClF2N2/c1-9(16)15-19-12-7-6-11(17)13(18)14(12)20(15)8-10-4-2-3-5-10/h6-7,9-10H,2-5,8H2,1H3. The number of fused-ring (bicyclic) bond motifs is 1. The van der Waals surface area contributed by atoms with E-state index in [1.807, 2.05) is 6.92 Å². The minimum Gasteiger partial charge on any atom is -0.324 e. The molecule has 0 aliphatic heterocycles. The number of hydrogen-bond donors (Lipinski definition) is 0. The van der Waals surface area contributed by atoms with E-state index in [9.17, 15) is 8.78 Å². The van der Waals surface area contributed by atoms with Crippen molar-refractivity contribution in [3.63, 3.8) is 0 Å². The highest BCUT2D eigenvalue weighted by molar-refractivity contribution is 6.20. The van der Waals surface area contributed by atoms with Crippen molar-refractivity contribution in [2.75, 3.05) is 0 Å². The van der Waals surface area contributed by atoms with Gasteiger partial charge in [-0.15, -0.1) is 11.6 Å². The quantitative estimate of drug-likeness (QED) is 0.744. The average molecular weight is 299 g/mol. The Morgan fingerprint density at radius 1 is 1.35 bits per heavy atom. The van der Waals surface area contributed by atoms with Crippen LogP contribution in [0.15, 0.2) is 12.1 Å². The molecule has 0 N–H and O–H groups in total. The molecule has 1 aliphatic carbocycles. The Morgan fingerprint density at radius 3 is 2.70 bits per heavy atom. The van der Waals surface area contributed by atoms with Gasteiger partial charge in [-0.25, -0.2) is 13.8 Å². The molecule has 2 aromatic rings. The van der Waals surface area contributed by atoms with Crippen LogP contribution < -0.4 is 0 Å². The third-order valence-corrected chi connectivity index (χ3v) is 4.30. The zero-order chi connectivity index (χ0) is 14.3. The molecule has 108 valence electrons. The van der Waals surface area contributed by atoms with Crippen molar-refractivity contribution in [2.24, 2.45) is 5.92 Å². The minimum atomic E-state index is -0.834. The Morgan fingerprint density at radius 2 is 2.05 bits per heavy atom. The van der Waals surface area contributed by atoms with Gasteiger partial charge in [0.2, 0.25) is 0 Å². The van der Waals surface area contributed by atoms with E-state index >= 15 is 0 Å². The van der Waals surface area contributed by atoms with E-state index in [1.54, 1.807) is 4.57 Å². The minimum absolute atomic E-state index is 0.249. The summed E-state index contributed by atoms with van der Waals surface area (Å²) in [5.41, 5.74) is 0.726. The lowest BCUT2D eigenvalue weighted by atomic mass is 10.1. The third-order valence-electron chi connectivity index (χ3n) is 4.10. The molecule has 0 amide bonds. The first-order valence-corrected chi connectivity index (χ1v) is 7.49. The summed E-state index contributed by atoms with van der Waals surface area (Å²) in [5, 5.41) is -0.328. The van der Waals surface area contributed by atoms with Gasteiger partial charge in [-0.1, -0.05) is 12.8 Å². The summed E-state index contributed by atoms with van der Waals surface area (Å²) in [6.45, 7) is 2.48. The highest BCUT2D eigenvalue weighted by atomic mass is 35.5. The topological polar surface area (TPSA) is 17.8 Å². The predicted molar refractivity (Wildman–Crippen MR) is 75.9 cm³/mol. The number of alkyl halides is 1. The van der Waals surface area contributed by atoms with Crippen LogP contribution in [0, 0.1) is 17.6 Å². The molecular weight excluding hydrogens is 282 g/mol. The molecule has 0 saturated heterocycles. The molecule has 2 nitrogen and oxygen atoms in total. The van der Waals surface area contributed by atoms with Gasteiger partial charge in [0.1, 0.15) is 11.3 Å². The second kappa shape index (κ2) is 5.32. The van der Waals surface area contributed by atoms with Gasteiger partial charge in [0, 0.05) is 6.54 Å². The summed E-state index contributed by atoms with van der Waals surface area (Å²) in [7, 11) is 0. The lowest BCUT2D eigenvalue weighted by Crippen LogP contribution is -2.12. The number of rotatable bonds is 3. The number of hydrogen-bond acceptors (Lipinski definition) is 1. The van der Waals surface area contributed by atoms with Crippen LogP contribution in [0.1, 0.15) is 43.8 Å². The Labute approximate surface area is 121 Å². The van der Waals surface area contributed by atoms with Crippen LogP contribution >= 0.6 is 11.6 Å². The molecule has 0 spiro atoms. The lowest BCUT2D eigenvalue weighted by Gasteiger charge is -2.15. The van der Waals surface area contributed by atoms with Crippen molar-refractivity contribution < 1.29 is 8.78 Å². The second-order valence-corrected chi connectivity index (χ2v) is 6.23. The van der Waals surface area contributed by atoms with Crippen LogP contribution in [-0.2, 0) is 6.54 Å². The summed E-state index contributed by atoms with van der Waals surface area (Å²) in [6.07, 6.45) is 4.68. The zero-order valence-corrected chi connectivity index (χ0v) is 12.1. The van der Waals surface area contributed by atoms with Gasteiger partial charge in [-0.05, 0) is 37.8 Å². The molecular formula is C15H17ClF2N2. The van der Waals surface area contributed by atoms with E-state index in [0.29, 0.717) is 23.8 Å². The summed E-state index contributed by atoms with van der Waals surface area (Å²) >= 11 is 6.16. The Bertz CT molecular complexity index is 630. The zero-order valence-electron chi connectivity index (χ0n) is 11.4. The van der Waals surface area contributed by atoms with Crippen molar-refractivity contribution in [1.82, 2.24) is 9.55 Å². The van der Waals surface area contributed by atoms with E-state index in [0.717, 1.165) is 18.9 Å². The maximum Gasteiger partial charge on any atom is 0.184 e. The summed E-state index contributed by atoms with van der Waals surface area (Å²) < 4.78 is 29.4. The van der Waals surface area contributed by atoms with Gasteiger partial charge in [-0.3, -0.25) is 0 Å². The van der Waals surface area contributed by atoms with Gasteiger partial charge >= 0.3 is 0 Å². The van der Waals surface area contributed by atoms with Gasteiger partial charge in [0.15, 0.2) is 11.6 Å². The third kappa shape index (κ3) is 2.30. The molecule has 20 heavy (non-hydrogen) atoms. The van der Waals surface area contributed by atoms with Crippen molar-refractivity contribution in [3.05, 3.63) is 29.6 Å². The molecule has 0 radical (unpaired) electrons.